The number of rotatable bonds is 18. The quantitative estimate of drug-likeness (QED) is 0.0705. The number of benzene rings is 2. The summed E-state index contributed by atoms with van der Waals surface area (Å²) in [5.74, 6) is 1.27. The zero-order valence-corrected chi connectivity index (χ0v) is 46.3. The lowest BCUT2D eigenvalue weighted by Gasteiger charge is -2.39. The second-order valence-electron chi connectivity index (χ2n) is 21.4. The average molecular weight is 1100 g/mol. The number of methoxy groups -OCH3 is 2. The predicted octanol–water partition coefficient (Wildman–Crippen LogP) is 10.6. The molecule has 392 valence electrons. The number of aliphatic hydroxyl groups is 2. The number of nitrogens with zero attached hydrogens (tertiary/aromatic N) is 5. The summed E-state index contributed by atoms with van der Waals surface area (Å²) in [6.45, 7) is 22.6. The topological polar surface area (TPSA) is 164 Å². The van der Waals surface area contributed by atoms with Crippen LogP contribution in [0.3, 0.4) is 0 Å². The summed E-state index contributed by atoms with van der Waals surface area (Å²) >= 11 is 6.83. The fourth-order valence-electron chi connectivity index (χ4n) is 9.31. The second kappa shape index (κ2) is 28.1. The molecule has 6 rings (SSSR count). The fourth-order valence-corrected chi connectivity index (χ4v) is 9.83. The molecule has 0 spiro atoms. The van der Waals surface area contributed by atoms with Crippen molar-refractivity contribution in [3.05, 3.63) is 104 Å². The summed E-state index contributed by atoms with van der Waals surface area (Å²) in [5.41, 5.74) is 2.60. The van der Waals surface area contributed by atoms with Gasteiger partial charge in [0.2, 0.25) is 5.91 Å². The van der Waals surface area contributed by atoms with Crippen molar-refractivity contribution in [1.29, 1.82) is 0 Å². The molecule has 2 aliphatic heterocycles. The molecule has 4 heterocycles. The van der Waals surface area contributed by atoms with Gasteiger partial charge < -0.3 is 44.1 Å². The van der Waals surface area contributed by atoms with Gasteiger partial charge in [0.05, 0.1) is 6.54 Å². The summed E-state index contributed by atoms with van der Waals surface area (Å²) in [7, 11) is 3.42. The van der Waals surface area contributed by atoms with Gasteiger partial charge in [-0.3, -0.25) is 9.59 Å². The summed E-state index contributed by atoms with van der Waals surface area (Å²) in [5, 5.41) is 34.6. The number of amides is 1. The molecule has 70 heavy (non-hydrogen) atoms. The van der Waals surface area contributed by atoms with E-state index in [4.69, 9.17) is 19.6 Å². The number of hydrogen-bond donors (Lipinski definition) is 4. The summed E-state index contributed by atoms with van der Waals surface area (Å²) in [6.07, 6.45) is 11.1. The molecule has 0 radical (unpaired) electrons. The maximum atomic E-state index is 13.2. The van der Waals surface area contributed by atoms with Gasteiger partial charge in [0, 0.05) is 110 Å². The summed E-state index contributed by atoms with van der Waals surface area (Å²) in [6, 6.07) is 16.3. The first-order chi connectivity index (χ1) is 32.5. The fraction of sp³-hybridized carbons (Fsp3) is 0.636. The number of carbonyl (C=O) groups excluding carboxylic acids is 1. The lowest BCUT2D eigenvalue weighted by molar-refractivity contribution is -0.140. The third-order valence-corrected chi connectivity index (χ3v) is 13.8. The van der Waals surface area contributed by atoms with Crippen LogP contribution in [0.2, 0.25) is 0 Å². The highest BCUT2D eigenvalue weighted by atomic mass is 79.9. The van der Waals surface area contributed by atoms with E-state index in [1.165, 1.54) is 16.8 Å². The van der Waals surface area contributed by atoms with Crippen LogP contribution in [0, 0.1) is 11.8 Å². The average Bonchev–Trinajstić information content (AvgIpc) is 3.93. The van der Waals surface area contributed by atoms with Crippen molar-refractivity contribution in [1.82, 2.24) is 29.3 Å². The zero-order chi connectivity index (χ0) is 51.0. The summed E-state index contributed by atoms with van der Waals surface area (Å²) in [4.78, 5) is 34.8. The first kappa shape index (κ1) is 60.9. The van der Waals surface area contributed by atoms with Crippen molar-refractivity contribution in [2.75, 3.05) is 53.6 Å². The van der Waals surface area contributed by atoms with Gasteiger partial charge in [0.15, 0.2) is 0 Å². The molecule has 15 heteroatoms. The van der Waals surface area contributed by atoms with E-state index in [0.717, 1.165) is 91.7 Å². The lowest BCUT2D eigenvalue weighted by atomic mass is 9.89. The van der Waals surface area contributed by atoms with Crippen LogP contribution in [0.1, 0.15) is 148 Å². The van der Waals surface area contributed by atoms with Crippen molar-refractivity contribution in [3.8, 4) is 0 Å². The normalized spacial score (nSPS) is 19.2. The van der Waals surface area contributed by atoms with E-state index >= 15 is 0 Å². The molecule has 0 aliphatic carbocycles. The minimum Gasteiger partial charge on any atom is -0.481 e. The second-order valence-corrected chi connectivity index (χ2v) is 23.2. The molecule has 2 aromatic carbocycles. The highest BCUT2D eigenvalue weighted by Gasteiger charge is 2.42. The SMILES string of the molecule is C.COCCCn1c(C(C)(C)C)cnc1C1(O)CCCN(C(=O)C[C@H](C)Cc2ccc(Br)cc2)C1.COCCCn1c(C(C)(C)C)cnc1C1(O)CCCNC1.C[C@@H](CC(=O)O)Cc1ccc(Br)cc1. The lowest BCUT2D eigenvalue weighted by Crippen LogP contribution is -2.50. The molecular formula is C55H86Br2N6O7. The van der Waals surface area contributed by atoms with Gasteiger partial charge in [-0.25, -0.2) is 9.97 Å². The van der Waals surface area contributed by atoms with E-state index in [9.17, 15) is 19.8 Å². The minimum absolute atomic E-state index is 0. The number of imidazole rings is 2. The Morgan fingerprint density at radius 2 is 1.17 bits per heavy atom. The highest BCUT2D eigenvalue weighted by Crippen LogP contribution is 2.36. The molecule has 4 N–H and O–H groups in total. The van der Waals surface area contributed by atoms with Gasteiger partial charge in [0.1, 0.15) is 22.9 Å². The van der Waals surface area contributed by atoms with Crippen molar-refractivity contribution >= 4 is 43.7 Å². The Labute approximate surface area is 436 Å². The van der Waals surface area contributed by atoms with E-state index in [0.29, 0.717) is 44.9 Å². The molecule has 13 nitrogen and oxygen atoms in total. The number of carboxylic acids is 1. The van der Waals surface area contributed by atoms with Gasteiger partial charge in [-0.2, -0.15) is 0 Å². The monoisotopic (exact) mass is 1100 g/mol. The van der Waals surface area contributed by atoms with Crippen molar-refractivity contribution in [2.45, 2.75) is 162 Å². The number of carbonyl (C=O) groups is 2. The van der Waals surface area contributed by atoms with Gasteiger partial charge in [-0.05, 0) is 105 Å². The Morgan fingerprint density at radius 1 is 0.729 bits per heavy atom. The number of aromatic nitrogens is 4. The molecule has 0 bridgehead atoms. The molecule has 2 fully saturated rings. The molecular weight excluding hydrogens is 1020 g/mol. The molecule has 1 amide bonds. The maximum absolute atomic E-state index is 13.2. The number of ether oxygens (including phenoxy) is 2. The number of halogens is 2. The van der Waals surface area contributed by atoms with E-state index in [1.807, 2.05) is 60.6 Å². The van der Waals surface area contributed by atoms with Gasteiger partial charge in [0.25, 0.3) is 0 Å². The van der Waals surface area contributed by atoms with Crippen molar-refractivity contribution < 1.29 is 34.4 Å². The Bertz CT molecular complexity index is 2170. The van der Waals surface area contributed by atoms with E-state index in [2.05, 4.69) is 112 Å². The van der Waals surface area contributed by atoms with Crippen LogP contribution in [0.4, 0.5) is 0 Å². The molecule has 4 aromatic rings. The van der Waals surface area contributed by atoms with Crippen LogP contribution in [0.15, 0.2) is 69.9 Å². The van der Waals surface area contributed by atoms with Crippen LogP contribution in [0.25, 0.3) is 0 Å². The van der Waals surface area contributed by atoms with Gasteiger partial charge >= 0.3 is 5.97 Å². The molecule has 0 saturated carbocycles. The number of piperidine rings is 2. The number of β-amino-alcohol motifs (C(OH)–C–C–N with tert-alkyl or cyclic N) is 2. The van der Waals surface area contributed by atoms with Gasteiger partial charge in [-0.1, -0.05) is 119 Å². The predicted molar refractivity (Wildman–Crippen MR) is 288 cm³/mol. The molecule has 2 aliphatic rings. The van der Waals surface area contributed by atoms with Crippen LogP contribution >= 0.6 is 31.9 Å². The molecule has 2 saturated heterocycles. The Balaban J connectivity index is 0.000000306. The molecule has 2 unspecified atom stereocenters. The number of likely N-dealkylation sites (tertiary alicyclic amines) is 1. The Hall–Kier alpha value is -3.44. The maximum Gasteiger partial charge on any atom is 0.303 e. The number of carboxylic acid groups (broad SMARTS) is 1. The van der Waals surface area contributed by atoms with E-state index < -0.39 is 17.2 Å². The highest BCUT2D eigenvalue weighted by molar-refractivity contribution is 9.10. The third-order valence-electron chi connectivity index (χ3n) is 12.8. The van der Waals surface area contributed by atoms with Crippen molar-refractivity contribution in [3.63, 3.8) is 0 Å². The minimum atomic E-state index is -1.14. The standard InChI is InChI=1S/C27H40BrN3O3.C16H29N3O2.C11H13BrO2.CH4/c1-20(16-21-8-10-22(28)11-9-21)17-24(32)30-13-6-12-27(33,19-30)25-29-18-23(26(2,3)4)31(25)14-7-15-34-5;1-15(2,3)13-11-18-14(19(13)9-6-10-21-4)16(20)7-5-8-17-12-16;1-8(7-11(13)14)6-9-2-4-10(12)5-3-9;/h8-11,18,20,33H,6-7,12-17,19H2,1-5H3;11,17,20H,5-10,12H2,1-4H3;2-5,8H,6-7H2,1H3,(H,13,14);1H4/t20-,27?;;8-;/m1.1./s1. The smallest absolute Gasteiger partial charge is 0.303 e. The van der Waals surface area contributed by atoms with Crippen LogP contribution in [0.5, 0.6) is 0 Å². The third kappa shape index (κ3) is 18.6. The summed E-state index contributed by atoms with van der Waals surface area (Å²) < 4.78 is 16.9. The Morgan fingerprint density at radius 3 is 1.59 bits per heavy atom. The van der Waals surface area contributed by atoms with Crippen LogP contribution in [-0.2, 0) is 67.0 Å². The number of aliphatic carboxylic acids is 1. The van der Waals surface area contributed by atoms with Crippen LogP contribution in [-0.4, -0.2) is 105 Å². The largest absolute Gasteiger partial charge is 0.481 e. The van der Waals surface area contributed by atoms with E-state index in [-0.39, 0.29) is 42.4 Å². The molecule has 4 atom stereocenters. The zero-order valence-electron chi connectivity index (χ0n) is 43.1. The van der Waals surface area contributed by atoms with E-state index in [1.54, 1.807) is 14.2 Å². The number of nitrogens with one attached hydrogen (secondary N) is 1. The first-order valence-electron chi connectivity index (χ1n) is 24.7. The van der Waals surface area contributed by atoms with Crippen molar-refractivity contribution in [2.24, 2.45) is 11.8 Å². The molecule has 2 aromatic heterocycles. The Kier molecular flexibility index (Phi) is 24.5. The van der Waals surface area contributed by atoms with Gasteiger partial charge in [-0.15, -0.1) is 0 Å². The van der Waals surface area contributed by atoms with Crippen LogP contribution < -0.4 is 5.32 Å². The number of hydrogen-bond acceptors (Lipinski definition) is 9. The first-order valence-corrected chi connectivity index (χ1v) is 26.3.